The minimum Gasteiger partial charge on any atom is -0.496 e. The van der Waals surface area contributed by atoms with Crippen molar-refractivity contribution in [1.82, 2.24) is 5.43 Å². The van der Waals surface area contributed by atoms with Crippen molar-refractivity contribution in [1.29, 1.82) is 0 Å². The molecule has 1 aliphatic carbocycles. The fourth-order valence-electron chi connectivity index (χ4n) is 1.98. The first kappa shape index (κ1) is 11.6. The van der Waals surface area contributed by atoms with Crippen LogP contribution >= 0.6 is 0 Å². The van der Waals surface area contributed by atoms with Gasteiger partial charge in [0.2, 0.25) is 5.91 Å². The second-order valence-electron chi connectivity index (χ2n) is 3.94. The number of carbonyl (C=O) groups excluding carboxylic acids is 1. The normalized spacial score (nSPS) is 15.8. The van der Waals surface area contributed by atoms with E-state index in [9.17, 15) is 4.79 Å². The zero-order valence-electron chi connectivity index (χ0n) is 10.1. The van der Waals surface area contributed by atoms with Gasteiger partial charge in [-0.25, -0.2) is 5.43 Å². The van der Waals surface area contributed by atoms with Crippen LogP contribution in [0.25, 0.3) is 0 Å². The molecular weight excluding hydrogens is 216 g/mol. The number of carbonyl (C=O) groups is 1. The van der Waals surface area contributed by atoms with E-state index in [1.165, 1.54) is 5.56 Å². The van der Waals surface area contributed by atoms with Crippen molar-refractivity contribution < 1.29 is 9.53 Å². The second-order valence-corrected chi connectivity index (χ2v) is 3.94. The number of hydrogen-bond acceptors (Lipinski definition) is 3. The summed E-state index contributed by atoms with van der Waals surface area (Å²) in [5.74, 6) is 0.755. The monoisotopic (exact) mass is 232 g/mol. The topological polar surface area (TPSA) is 50.7 Å². The van der Waals surface area contributed by atoms with E-state index in [2.05, 4.69) is 16.6 Å². The van der Waals surface area contributed by atoms with Crippen LogP contribution in [0.2, 0.25) is 0 Å². The van der Waals surface area contributed by atoms with Gasteiger partial charge in [0, 0.05) is 12.0 Å². The molecule has 4 nitrogen and oxygen atoms in total. The lowest BCUT2D eigenvalue weighted by molar-refractivity contribution is -0.120. The van der Waals surface area contributed by atoms with Crippen molar-refractivity contribution in [3.05, 3.63) is 29.3 Å². The number of aryl methyl sites for hydroxylation is 1. The average Bonchev–Trinajstić information content (AvgIpc) is 2.79. The van der Waals surface area contributed by atoms with Gasteiger partial charge in [0.15, 0.2) is 0 Å². The summed E-state index contributed by atoms with van der Waals surface area (Å²) in [5.41, 5.74) is 5.73. The van der Waals surface area contributed by atoms with Gasteiger partial charge in [-0.3, -0.25) is 4.79 Å². The molecule has 4 heteroatoms. The number of rotatable bonds is 3. The zero-order chi connectivity index (χ0) is 12.3. The van der Waals surface area contributed by atoms with Crippen molar-refractivity contribution in [2.24, 2.45) is 5.10 Å². The molecular formula is C13H16N2O2. The van der Waals surface area contributed by atoms with E-state index in [4.69, 9.17) is 4.74 Å². The Bertz CT molecular complexity index is 466. The summed E-state index contributed by atoms with van der Waals surface area (Å²) in [6, 6.07) is 5.97. The zero-order valence-corrected chi connectivity index (χ0v) is 10.1. The summed E-state index contributed by atoms with van der Waals surface area (Å²) in [4.78, 5) is 11.2. The summed E-state index contributed by atoms with van der Waals surface area (Å²) >= 11 is 0. The van der Waals surface area contributed by atoms with E-state index in [0.29, 0.717) is 6.42 Å². The molecule has 1 N–H and O–H groups in total. The van der Waals surface area contributed by atoms with Crippen LogP contribution in [0.5, 0.6) is 5.75 Å². The maximum atomic E-state index is 11.2. The molecule has 0 aromatic heterocycles. The SMILES string of the molecule is CCC(=O)N/N=C1\CCc2cccc(OC)c21. The summed E-state index contributed by atoms with van der Waals surface area (Å²) in [7, 11) is 1.65. The molecule has 0 radical (unpaired) electrons. The van der Waals surface area contributed by atoms with Gasteiger partial charge in [0.1, 0.15) is 5.75 Å². The molecule has 1 aromatic carbocycles. The second kappa shape index (κ2) is 4.99. The fraction of sp³-hybridized carbons (Fsp3) is 0.385. The fourth-order valence-corrected chi connectivity index (χ4v) is 1.98. The van der Waals surface area contributed by atoms with Crippen LogP contribution < -0.4 is 10.2 Å². The van der Waals surface area contributed by atoms with E-state index in [1.807, 2.05) is 12.1 Å². The van der Waals surface area contributed by atoms with Gasteiger partial charge in [0.25, 0.3) is 0 Å². The van der Waals surface area contributed by atoms with Crippen LogP contribution in [0.1, 0.15) is 30.9 Å². The third-order valence-electron chi connectivity index (χ3n) is 2.89. The summed E-state index contributed by atoms with van der Waals surface area (Å²) in [6.07, 6.45) is 2.24. The van der Waals surface area contributed by atoms with E-state index >= 15 is 0 Å². The molecule has 0 saturated carbocycles. The third kappa shape index (κ3) is 2.30. The van der Waals surface area contributed by atoms with Crippen LogP contribution in [0.4, 0.5) is 0 Å². The predicted molar refractivity (Wildman–Crippen MR) is 66.3 cm³/mol. The number of methoxy groups -OCH3 is 1. The molecule has 1 aromatic rings. The maximum absolute atomic E-state index is 11.2. The first-order chi connectivity index (χ1) is 8.26. The van der Waals surface area contributed by atoms with E-state index in [0.717, 1.165) is 29.9 Å². The average molecular weight is 232 g/mol. The largest absolute Gasteiger partial charge is 0.496 e. The van der Waals surface area contributed by atoms with Gasteiger partial charge in [-0.15, -0.1) is 0 Å². The highest BCUT2D eigenvalue weighted by Gasteiger charge is 2.21. The molecule has 0 unspecified atom stereocenters. The van der Waals surface area contributed by atoms with Crippen molar-refractivity contribution in [2.45, 2.75) is 26.2 Å². The molecule has 2 rings (SSSR count). The number of hydrogen-bond donors (Lipinski definition) is 1. The first-order valence-electron chi connectivity index (χ1n) is 5.78. The number of benzene rings is 1. The molecule has 1 amide bonds. The quantitative estimate of drug-likeness (QED) is 0.809. The summed E-state index contributed by atoms with van der Waals surface area (Å²) < 4.78 is 5.33. The van der Waals surface area contributed by atoms with Crippen LogP contribution in [-0.4, -0.2) is 18.7 Å². The number of amides is 1. The molecule has 0 bridgehead atoms. The van der Waals surface area contributed by atoms with Gasteiger partial charge in [-0.1, -0.05) is 19.1 Å². The van der Waals surface area contributed by atoms with Crippen molar-refractivity contribution >= 4 is 11.6 Å². The van der Waals surface area contributed by atoms with Crippen molar-refractivity contribution in [2.75, 3.05) is 7.11 Å². The number of fused-ring (bicyclic) bond motifs is 1. The third-order valence-corrected chi connectivity index (χ3v) is 2.89. The molecule has 0 spiro atoms. The Morgan fingerprint density at radius 1 is 1.47 bits per heavy atom. The van der Waals surface area contributed by atoms with Crippen molar-refractivity contribution in [3.8, 4) is 5.75 Å². The number of nitrogens with one attached hydrogen (secondary N) is 1. The minimum absolute atomic E-state index is 0.0687. The van der Waals surface area contributed by atoms with Crippen LogP contribution in [0.15, 0.2) is 23.3 Å². The van der Waals surface area contributed by atoms with E-state index in [-0.39, 0.29) is 5.91 Å². The Labute approximate surface area is 101 Å². The molecule has 0 aliphatic heterocycles. The van der Waals surface area contributed by atoms with Gasteiger partial charge in [-0.2, -0.15) is 5.10 Å². The Balaban J connectivity index is 2.29. The van der Waals surface area contributed by atoms with E-state index in [1.54, 1.807) is 14.0 Å². The molecule has 0 fully saturated rings. The highest BCUT2D eigenvalue weighted by atomic mass is 16.5. The van der Waals surface area contributed by atoms with E-state index < -0.39 is 0 Å². The summed E-state index contributed by atoms with van der Waals surface area (Å²) in [5, 5.41) is 4.18. The smallest absolute Gasteiger partial charge is 0.239 e. The van der Waals surface area contributed by atoms with Gasteiger partial charge in [0.05, 0.1) is 12.8 Å². The minimum atomic E-state index is -0.0687. The standard InChI is InChI=1S/C13H16N2O2/c1-3-12(16)15-14-10-8-7-9-5-4-6-11(17-2)13(9)10/h4-6H,3,7-8H2,1-2H3,(H,15,16)/b14-10+. The van der Waals surface area contributed by atoms with Gasteiger partial charge < -0.3 is 4.74 Å². The highest BCUT2D eigenvalue weighted by Crippen LogP contribution is 2.30. The Morgan fingerprint density at radius 3 is 3.00 bits per heavy atom. The van der Waals surface area contributed by atoms with Crippen molar-refractivity contribution in [3.63, 3.8) is 0 Å². The number of ether oxygens (including phenoxy) is 1. The molecule has 17 heavy (non-hydrogen) atoms. The maximum Gasteiger partial charge on any atom is 0.239 e. The molecule has 0 heterocycles. The number of hydrazone groups is 1. The molecule has 90 valence electrons. The predicted octanol–water partition coefficient (Wildman–Crippen LogP) is 1.87. The first-order valence-corrected chi connectivity index (χ1v) is 5.78. The van der Waals surface area contributed by atoms with Crippen LogP contribution in [-0.2, 0) is 11.2 Å². The van der Waals surface area contributed by atoms with Crippen LogP contribution in [0.3, 0.4) is 0 Å². The van der Waals surface area contributed by atoms with Gasteiger partial charge >= 0.3 is 0 Å². The lowest BCUT2D eigenvalue weighted by Gasteiger charge is -2.07. The Morgan fingerprint density at radius 2 is 2.29 bits per heavy atom. The molecule has 1 aliphatic rings. The number of nitrogens with zero attached hydrogens (tertiary/aromatic N) is 1. The Kier molecular flexibility index (Phi) is 3.42. The lowest BCUT2D eigenvalue weighted by atomic mass is 10.1. The highest BCUT2D eigenvalue weighted by molar-refractivity contribution is 6.07. The lowest BCUT2D eigenvalue weighted by Crippen LogP contribution is -2.18. The molecule has 0 saturated heterocycles. The van der Waals surface area contributed by atoms with Crippen LogP contribution in [0, 0.1) is 0 Å². The van der Waals surface area contributed by atoms with Gasteiger partial charge in [-0.05, 0) is 24.5 Å². The summed E-state index contributed by atoms with van der Waals surface area (Å²) in [6.45, 7) is 1.80. The molecule has 0 atom stereocenters. The Hall–Kier alpha value is -1.84.